The van der Waals surface area contributed by atoms with Crippen molar-refractivity contribution in [1.82, 2.24) is 4.98 Å². The topological polar surface area (TPSA) is 112 Å². The van der Waals surface area contributed by atoms with Crippen LogP contribution in [-0.2, 0) is 10.1 Å². The number of phenolic OH excluding ortho intramolecular Hbond substituents is 1. The van der Waals surface area contributed by atoms with E-state index in [1.54, 1.807) is 12.1 Å². The van der Waals surface area contributed by atoms with E-state index in [1.807, 2.05) is 24.3 Å². The molecule has 0 unspecified atom stereocenters. The van der Waals surface area contributed by atoms with E-state index in [-0.39, 0.29) is 27.1 Å². The predicted molar refractivity (Wildman–Crippen MR) is 99.2 cm³/mol. The Kier molecular flexibility index (Phi) is 3.91. The maximum Gasteiger partial charge on any atom is 0.295 e. The Balaban J connectivity index is 1.87. The lowest BCUT2D eigenvalue weighted by Crippen LogP contribution is -1.99. The van der Waals surface area contributed by atoms with Crippen molar-refractivity contribution in [3.63, 3.8) is 0 Å². The van der Waals surface area contributed by atoms with Crippen LogP contribution < -0.4 is 0 Å². The zero-order valence-corrected chi connectivity index (χ0v) is 14.7. The molecular weight excluding hydrogens is 374 g/mol. The first-order chi connectivity index (χ1) is 12.4. The summed E-state index contributed by atoms with van der Waals surface area (Å²) in [5, 5.41) is 19.2. The molecule has 130 valence electrons. The van der Waals surface area contributed by atoms with Crippen molar-refractivity contribution in [2.75, 3.05) is 0 Å². The Morgan fingerprint density at radius 1 is 0.962 bits per heavy atom. The van der Waals surface area contributed by atoms with Crippen LogP contribution in [-0.4, -0.2) is 23.1 Å². The van der Waals surface area contributed by atoms with Gasteiger partial charge in [-0.25, -0.2) is 4.98 Å². The van der Waals surface area contributed by atoms with Gasteiger partial charge in [-0.3, -0.25) is 4.55 Å². The van der Waals surface area contributed by atoms with E-state index in [2.05, 4.69) is 15.2 Å². The van der Waals surface area contributed by atoms with Crippen LogP contribution >= 0.6 is 11.3 Å². The fourth-order valence-electron chi connectivity index (χ4n) is 2.60. The Bertz CT molecular complexity index is 1250. The number of hydrogen-bond donors (Lipinski definition) is 2. The molecule has 4 rings (SSSR count). The van der Waals surface area contributed by atoms with Gasteiger partial charge in [0.25, 0.3) is 10.1 Å². The molecule has 7 nitrogen and oxygen atoms in total. The van der Waals surface area contributed by atoms with Crippen molar-refractivity contribution >= 4 is 53.3 Å². The smallest absolute Gasteiger partial charge is 0.295 e. The van der Waals surface area contributed by atoms with E-state index in [1.165, 1.54) is 23.5 Å². The van der Waals surface area contributed by atoms with Crippen LogP contribution in [0.1, 0.15) is 0 Å². The second-order valence-electron chi connectivity index (χ2n) is 5.43. The molecule has 0 saturated heterocycles. The minimum atomic E-state index is -4.50. The Hall–Kier alpha value is -2.88. The lowest BCUT2D eigenvalue weighted by Gasteiger charge is -2.08. The molecule has 0 aliphatic heterocycles. The van der Waals surface area contributed by atoms with Gasteiger partial charge in [0.05, 0.1) is 10.2 Å². The maximum absolute atomic E-state index is 11.7. The third kappa shape index (κ3) is 2.92. The highest BCUT2D eigenvalue weighted by atomic mass is 32.2. The molecule has 0 spiro atoms. The molecule has 3 aromatic carbocycles. The van der Waals surface area contributed by atoms with Crippen LogP contribution in [0.4, 0.5) is 10.8 Å². The third-order valence-corrected chi connectivity index (χ3v) is 5.58. The summed E-state index contributed by atoms with van der Waals surface area (Å²) in [5.41, 5.74) is 0.698. The van der Waals surface area contributed by atoms with Crippen molar-refractivity contribution in [2.24, 2.45) is 10.2 Å². The SMILES string of the molecule is O=S(=O)(O)c1cc(N=Nc2nc3ccccc3s2)c(O)c2ccccc12. The maximum atomic E-state index is 11.7. The number of nitrogens with zero attached hydrogens (tertiary/aromatic N) is 3. The Morgan fingerprint density at radius 2 is 1.65 bits per heavy atom. The summed E-state index contributed by atoms with van der Waals surface area (Å²) in [6.45, 7) is 0. The van der Waals surface area contributed by atoms with E-state index in [9.17, 15) is 18.1 Å². The summed E-state index contributed by atoms with van der Waals surface area (Å²) in [5.74, 6) is -0.224. The van der Waals surface area contributed by atoms with Crippen molar-refractivity contribution in [1.29, 1.82) is 0 Å². The summed E-state index contributed by atoms with van der Waals surface area (Å²) in [7, 11) is -4.50. The molecule has 0 aliphatic carbocycles. The van der Waals surface area contributed by atoms with E-state index in [0.717, 1.165) is 16.3 Å². The molecular formula is C17H11N3O4S2. The van der Waals surface area contributed by atoms with Gasteiger partial charge >= 0.3 is 0 Å². The number of benzene rings is 3. The summed E-state index contributed by atoms with van der Waals surface area (Å²) in [6.07, 6.45) is 0. The molecule has 26 heavy (non-hydrogen) atoms. The number of hydrogen-bond acceptors (Lipinski definition) is 7. The van der Waals surface area contributed by atoms with Gasteiger partial charge in [0, 0.05) is 10.8 Å². The summed E-state index contributed by atoms with van der Waals surface area (Å²) >= 11 is 1.31. The first kappa shape index (κ1) is 16.6. The molecule has 0 fully saturated rings. The number of rotatable bonds is 3. The molecule has 0 saturated carbocycles. The molecule has 0 bridgehead atoms. The van der Waals surface area contributed by atoms with Crippen LogP contribution in [0.2, 0.25) is 0 Å². The highest BCUT2D eigenvalue weighted by molar-refractivity contribution is 7.86. The molecule has 0 radical (unpaired) electrons. The van der Waals surface area contributed by atoms with Crippen molar-refractivity contribution < 1.29 is 18.1 Å². The van der Waals surface area contributed by atoms with Crippen LogP contribution in [0.25, 0.3) is 21.0 Å². The standard InChI is InChI=1S/C17H11N3O4S2/c21-16-11-6-2-1-5-10(11)15(26(22,23)24)9-13(16)19-20-17-18-12-7-3-4-8-14(12)25-17/h1-9,21H,(H,22,23,24). The van der Waals surface area contributed by atoms with E-state index in [0.29, 0.717) is 5.13 Å². The van der Waals surface area contributed by atoms with Crippen LogP contribution in [0.3, 0.4) is 0 Å². The molecule has 0 aliphatic rings. The zero-order valence-electron chi connectivity index (χ0n) is 13.1. The Morgan fingerprint density at radius 3 is 2.38 bits per heavy atom. The average Bonchev–Trinajstić information content (AvgIpc) is 3.03. The number of aromatic hydroxyl groups is 1. The summed E-state index contributed by atoms with van der Waals surface area (Å²) < 4.78 is 33.8. The van der Waals surface area contributed by atoms with Crippen molar-refractivity contribution in [3.05, 3.63) is 54.6 Å². The predicted octanol–water partition coefficient (Wildman–Crippen LogP) is 4.82. The molecule has 0 atom stereocenters. The highest BCUT2D eigenvalue weighted by Gasteiger charge is 2.19. The van der Waals surface area contributed by atoms with Gasteiger partial charge in [0.15, 0.2) is 5.75 Å². The number of para-hydroxylation sites is 1. The average molecular weight is 385 g/mol. The Labute approximate surface area is 152 Å². The van der Waals surface area contributed by atoms with Gasteiger partial charge in [0.2, 0.25) is 5.13 Å². The van der Waals surface area contributed by atoms with Crippen molar-refractivity contribution in [2.45, 2.75) is 4.90 Å². The second-order valence-corrected chi connectivity index (χ2v) is 7.83. The lowest BCUT2D eigenvalue weighted by atomic mass is 10.1. The van der Waals surface area contributed by atoms with Gasteiger partial charge in [-0.2, -0.15) is 8.42 Å². The van der Waals surface area contributed by atoms with Gasteiger partial charge in [-0.15, -0.1) is 10.2 Å². The minimum Gasteiger partial charge on any atom is -0.505 e. The van der Waals surface area contributed by atoms with Crippen LogP contribution in [0.15, 0.2) is 69.7 Å². The largest absolute Gasteiger partial charge is 0.505 e. The summed E-state index contributed by atoms with van der Waals surface area (Å²) in [6, 6.07) is 14.9. The fraction of sp³-hybridized carbons (Fsp3) is 0. The number of phenols is 1. The van der Waals surface area contributed by atoms with Crippen LogP contribution in [0.5, 0.6) is 5.75 Å². The number of fused-ring (bicyclic) bond motifs is 2. The van der Waals surface area contributed by atoms with E-state index < -0.39 is 10.1 Å². The molecule has 9 heteroatoms. The minimum absolute atomic E-state index is 0.0735. The van der Waals surface area contributed by atoms with Gasteiger partial charge in [-0.05, 0) is 18.2 Å². The molecule has 4 aromatic rings. The van der Waals surface area contributed by atoms with E-state index in [4.69, 9.17) is 0 Å². The first-order valence-electron chi connectivity index (χ1n) is 7.43. The molecule has 2 N–H and O–H groups in total. The first-order valence-corrected chi connectivity index (χ1v) is 9.68. The quantitative estimate of drug-likeness (QED) is 0.388. The van der Waals surface area contributed by atoms with Gasteiger partial charge in [-0.1, -0.05) is 47.7 Å². The third-order valence-electron chi connectivity index (χ3n) is 3.76. The second kappa shape index (κ2) is 6.13. The van der Waals surface area contributed by atoms with Gasteiger partial charge in [0.1, 0.15) is 10.6 Å². The van der Waals surface area contributed by atoms with Crippen LogP contribution in [0, 0.1) is 0 Å². The molecule has 0 amide bonds. The lowest BCUT2D eigenvalue weighted by molar-refractivity contribution is 0.480. The number of azo groups is 1. The van der Waals surface area contributed by atoms with Crippen molar-refractivity contribution in [3.8, 4) is 5.75 Å². The highest BCUT2D eigenvalue weighted by Crippen LogP contribution is 2.40. The zero-order chi connectivity index (χ0) is 18.3. The molecule has 1 aromatic heterocycles. The number of thiazole rings is 1. The molecule has 1 heterocycles. The monoisotopic (exact) mass is 385 g/mol. The number of aromatic nitrogens is 1. The normalized spacial score (nSPS) is 12.3. The summed E-state index contributed by atoms with van der Waals surface area (Å²) in [4.78, 5) is 3.96. The fourth-order valence-corrected chi connectivity index (χ4v) is 4.11. The van der Waals surface area contributed by atoms with Gasteiger partial charge < -0.3 is 5.11 Å². The van der Waals surface area contributed by atoms with E-state index >= 15 is 0 Å².